The summed E-state index contributed by atoms with van der Waals surface area (Å²) in [4.78, 5) is 24.5. The maximum Gasteiger partial charge on any atom is 0.341 e. The molecule has 0 saturated carbocycles. The number of para-hydroxylation sites is 1. The van der Waals surface area contributed by atoms with Gasteiger partial charge in [0.05, 0.1) is 12.0 Å². The molecule has 128 valence electrons. The maximum atomic E-state index is 12.4. The van der Waals surface area contributed by atoms with Crippen LogP contribution in [0.5, 0.6) is 5.75 Å². The largest absolute Gasteiger partial charge is 0.462 e. The van der Waals surface area contributed by atoms with Crippen molar-refractivity contribution in [3.05, 3.63) is 29.8 Å². The second kappa shape index (κ2) is 9.33. The van der Waals surface area contributed by atoms with E-state index in [0.29, 0.717) is 12.2 Å². The maximum absolute atomic E-state index is 12.4. The topological polar surface area (TPSA) is 52.6 Å². The third kappa shape index (κ3) is 6.05. The van der Waals surface area contributed by atoms with Crippen molar-refractivity contribution in [1.82, 2.24) is 0 Å². The zero-order valence-corrected chi connectivity index (χ0v) is 14.7. The molecule has 0 aliphatic heterocycles. The van der Waals surface area contributed by atoms with Gasteiger partial charge in [-0.05, 0) is 38.8 Å². The fraction of sp³-hybridized carbons (Fsp3) is 0.579. The van der Waals surface area contributed by atoms with Crippen molar-refractivity contribution in [3.63, 3.8) is 0 Å². The van der Waals surface area contributed by atoms with Crippen molar-refractivity contribution in [1.29, 1.82) is 0 Å². The SMILES string of the molecule is CCCCCC(C)(C)C(=O)Oc1ccccc1C(=O)OCCC. The van der Waals surface area contributed by atoms with Gasteiger partial charge in [-0.1, -0.05) is 45.2 Å². The quantitative estimate of drug-likeness (QED) is 0.374. The number of hydrogen-bond donors (Lipinski definition) is 0. The summed E-state index contributed by atoms with van der Waals surface area (Å²) in [5.41, 5.74) is -0.283. The van der Waals surface area contributed by atoms with Gasteiger partial charge in [-0.2, -0.15) is 0 Å². The third-order valence-corrected chi connectivity index (χ3v) is 3.70. The van der Waals surface area contributed by atoms with Gasteiger partial charge in [0.25, 0.3) is 0 Å². The number of carbonyl (C=O) groups excluding carboxylic acids is 2. The molecule has 0 aliphatic rings. The van der Waals surface area contributed by atoms with Crippen molar-refractivity contribution < 1.29 is 19.1 Å². The lowest BCUT2D eigenvalue weighted by Gasteiger charge is -2.22. The van der Waals surface area contributed by atoms with Gasteiger partial charge in [0.2, 0.25) is 0 Å². The first-order chi connectivity index (χ1) is 10.9. The lowest BCUT2D eigenvalue weighted by atomic mass is 9.87. The van der Waals surface area contributed by atoms with Crippen LogP contribution in [0, 0.1) is 5.41 Å². The molecule has 23 heavy (non-hydrogen) atoms. The third-order valence-electron chi connectivity index (χ3n) is 3.70. The molecular formula is C19H28O4. The molecular weight excluding hydrogens is 292 g/mol. The van der Waals surface area contributed by atoms with Crippen molar-refractivity contribution in [2.75, 3.05) is 6.61 Å². The van der Waals surface area contributed by atoms with Crippen LogP contribution in [-0.2, 0) is 9.53 Å². The first kappa shape index (κ1) is 19.2. The fourth-order valence-electron chi connectivity index (χ4n) is 2.15. The second-order valence-electron chi connectivity index (χ2n) is 6.36. The molecule has 0 amide bonds. The van der Waals surface area contributed by atoms with E-state index in [9.17, 15) is 9.59 Å². The summed E-state index contributed by atoms with van der Waals surface area (Å²) < 4.78 is 10.6. The number of ether oxygens (including phenoxy) is 2. The molecule has 0 spiro atoms. The molecule has 4 nitrogen and oxygen atoms in total. The molecule has 0 unspecified atom stereocenters. The summed E-state index contributed by atoms with van der Waals surface area (Å²) in [6.07, 6.45) is 4.70. The number of esters is 2. The average molecular weight is 320 g/mol. The van der Waals surface area contributed by atoms with Gasteiger partial charge in [-0.25, -0.2) is 4.79 Å². The van der Waals surface area contributed by atoms with Crippen molar-refractivity contribution >= 4 is 11.9 Å². The van der Waals surface area contributed by atoms with E-state index in [1.54, 1.807) is 24.3 Å². The van der Waals surface area contributed by atoms with E-state index in [2.05, 4.69) is 6.92 Å². The Hall–Kier alpha value is -1.84. The molecule has 1 aromatic carbocycles. The van der Waals surface area contributed by atoms with Crippen molar-refractivity contribution in [2.45, 2.75) is 59.8 Å². The Morgan fingerprint density at radius 2 is 1.74 bits per heavy atom. The van der Waals surface area contributed by atoms with Crippen LogP contribution >= 0.6 is 0 Å². The van der Waals surface area contributed by atoms with Crippen LogP contribution in [0.4, 0.5) is 0 Å². The van der Waals surface area contributed by atoms with Crippen molar-refractivity contribution in [3.8, 4) is 5.75 Å². The van der Waals surface area contributed by atoms with Gasteiger partial charge in [0.15, 0.2) is 0 Å². The Bertz CT molecular complexity index is 520. The van der Waals surface area contributed by atoms with E-state index in [0.717, 1.165) is 32.1 Å². The number of carbonyl (C=O) groups is 2. The molecule has 0 heterocycles. The highest BCUT2D eigenvalue weighted by Gasteiger charge is 2.30. The fourth-order valence-corrected chi connectivity index (χ4v) is 2.15. The molecule has 0 radical (unpaired) electrons. The van der Waals surface area contributed by atoms with E-state index in [1.165, 1.54) is 0 Å². The van der Waals surface area contributed by atoms with Crippen LogP contribution in [-0.4, -0.2) is 18.5 Å². The predicted octanol–water partition coefficient (Wildman–Crippen LogP) is 4.77. The molecule has 0 bridgehead atoms. The Morgan fingerprint density at radius 1 is 1.04 bits per heavy atom. The van der Waals surface area contributed by atoms with Gasteiger partial charge >= 0.3 is 11.9 Å². The van der Waals surface area contributed by atoms with Gasteiger partial charge in [-0.15, -0.1) is 0 Å². The predicted molar refractivity (Wildman–Crippen MR) is 90.6 cm³/mol. The first-order valence-corrected chi connectivity index (χ1v) is 8.40. The van der Waals surface area contributed by atoms with Crippen LogP contribution in [0.1, 0.15) is 70.2 Å². The van der Waals surface area contributed by atoms with Crippen LogP contribution in [0.3, 0.4) is 0 Å². The van der Waals surface area contributed by atoms with E-state index in [1.807, 2.05) is 20.8 Å². The van der Waals surface area contributed by atoms with Crippen LogP contribution in [0.25, 0.3) is 0 Å². The number of hydrogen-bond acceptors (Lipinski definition) is 4. The normalized spacial score (nSPS) is 11.1. The van der Waals surface area contributed by atoms with Gasteiger partial charge in [0, 0.05) is 0 Å². The Morgan fingerprint density at radius 3 is 2.39 bits per heavy atom. The van der Waals surface area contributed by atoms with Crippen LogP contribution in [0.2, 0.25) is 0 Å². The minimum absolute atomic E-state index is 0.266. The number of unbranched alkanes of at least 4 members (excludes halogenated alkanes) is 2. The number of rotatable bonds is 9. The zero-order chi connectivity index (χ0) is 17.3. The zero-order valence-electron chi connectivity index (χ0n) is 14.7. The standard InChI is InChI=1S/C19H28O4/c1-5-7-10-13-19(3,4)18(21)23-16-12-9-8-11-15(16)17(20)22-14-6-2/h8-9,11-12H,5-7,10,13-14H2,1-4H3. The summed E-state index contributed by atoms with van der Waals surface area (Å²) in [6, 6.07) is 6.71. The molecule has 1 rings (SSSR count). The smallest absolute Gasteiger partial charge is 0.341 e. The average Bonchev–Trinajstić information content (AvgIpc) is 2.53. The molecule has 4 heteroatoms. The second-order valence-corrected chi connectivity index (χ2v) is 6.36. The van der Waals surface area contributed by atoms with E-state index < -0.39 is 11.4 Å². The van der Waals surface area contributed by atoms with Crippen molar-refractivity contribution in [2.24, 2.45) is 5.41 Å². The molecule has 0 N–H and O–H groups in total. The summed E-state index contributed by atoms with van der Waals surface area (Å²) in [5.74, 6) is -0.509. The Labute approximate surface area is 139 Å². The summed E-state index contributed by atoms with van der Waals surface area (Å²) in [5, 5.41) is 0. The molecule has 1 aromatic rings. The minimum Gasteiger partial charge on any atom is -0.462 e. The molecule has 0 aliphatic carbocycles. The lowest BCUT2D eigenvalue weighted by molar-refractivity contribution is -0.144. The highest BCUT2D eigenvalue weighted by molar-refractivity contribution is 5.93. The Kier molecular flexibility index (Phi) is 7.79. The highest BCUT2D eigenvalue weighted by Crippen LogP contribution is 2.28. The number of benzene rings is 1. The van der Waals surface area contributed by atoms with Gasteiger partial charge < -0.3 is 9.47 Å². The van der Waals surface area contributed by atoms with E-state index in [-0.39, 0.29) is 11.7 Å². The molecule has 0 fully saturated rings. The van der Waals surface area contributed by atoms with Gasteiger partial charge in [0.1, 0.15) is 11.3 Å². The highest BCUT2D eigenvalue weighted by atomic mass is 16.5. The molecule has 0 saturated heterocycles. The van der Waals surface area contributed by atoms with E-state index >= 15 is 0 Å². The summed E-state index contributed by atoms with van der Waals surface area (Å²) in [7, 11) is 0. The summed E-state index contributed by atoms with van der Waals surface area (Å²) >= 11 is 0. The van der Waals surface area contributed by atoms with E-state index in [4.69, 9.17) is 9.47 Å². The summed E-state index contributed by atoms with van der Waals surface area (Å²) in [6.45, 7) is 8.16. The lowest BCUT2D eigenvalue weighted by Crippen LogP contribution is -2.29. The minimum atomic E-state index is -0.574. The van der Waals surface area contributed by atoms with Gasteiger partial charge in [-0.3, -0.25) is 4.79 Å². The molecule has 0 aromatic heterocycles. The van der Waals surface area contributed by atoms with Crippen LogP contribution < -0.4 is 4.74 Å². The monoisotopic (exact) mass is 320 g/mol. The van der Waals surface area contributed by atoms with Crippen LogP contribution in [0.15, 0.2) is 24.3 Å². The Balaban J connectivity index is 2.79. The molecule has 0 atom stereocenters. The first-order valence-electron chi connectivity index (χ1n) is 8.40.